The second kappa shape index (κ2) is 6.50. The average molecular weight is 310 g/mol. The third-order valence-electron chi connectivity index (χ3n) is 3.54. The van der Waals surface area contributed by atoms with E-state index in [1.807, 2.05) is 36.4 Å². The highest BCUT2D eigenvalue weighted by Crippen LogP contribution is 2.31. The summed E-state index contributed by atoms with van der Waals surface area (Å²) >= 11 is 0. The molecule has 0 saturated heterocycles. The van der Waals surface area contributed by atoms with E-state index in [0.717, 1.165) is 28.4 Å². The molecule has 0 aliphatic rings. The van der Waals surface area contributed by atoms with Crippen molar-refractivity contribution in [2.75, 3.05) is 14.2 Å². The molecule has 0 radical (unpaired) electrons. The van der Waals surface area contributed by atoms with Gasteiger partial charge in [-0.1, -0.05) is 0 Å². The van der Waals surface area contributed by atoms with Gasteiger partial charge in [0.2, 0.25) is 0 Å². The van der Waals surface area contributed by atoms with Gasteiger partial charge in [-0.3, -0.25) is 4.98 Å². The van der Waals surface area contributed by atoms with E-state index in [1.165, 1.54) is 0 Å². The van der Waals surface area contributed by atoms with Gasteiger partial charge in [-0.25, -0.2) is 4.68 Å². The fourth-order valence-corrected chi connectivity index (χ4v) is 2.40. The predicted molar refractivity (Wildman–Crippen MR) is 87.8 cm³/mol. The lowest BCUT2D eigenvalue weighted by Gasteiger charge is -2.13. The lowest BCUT2D eigenvalue weighted by Crippen LogP contribution is -2.04. The van der Waals surface area contributed by atoms with Crippen LogP contribution in [0.25, 0.3) is 16.9 Å². The molecule has 0 aliphatic heterocycles. The Morgan fingerprint density at radius 3 is 2.65 bits per heavy atom. The second-order valence-corrected chi connectivity index (χ2v) is 4.92. The van der Waals surface area contributed by atoms with E-state index in [-0.39, 0.29) is 0 Å². The van der Waals surface area contributed by atoms with Gasteiger partial charge in [0.15, 0.2) is 0 Å². The van der Waals surface area contributed by atoms with E-state index in [0.29, 0.717) is 12.3 Å². The SMILES string of the molecule is COc1ccc(OC)c(-n2nc(CN)cc2-c2cccnc2)c1. The third kappa shape index (κ3) is 2.89. The molecule has 2 aromatic heterocycles. The van der Waals surface area contributed by atoms with Gasteiger partial charge in [-0.2, -0.15) is 5.10 Å². The van der Waals surface area contributed by atoms with E-state index < -0.39 is 0 Å². The Kier molecular flexibility index (Phi) is 4.25. The van der Waals surface area contributed by atoms with Crippen LogP contribution in [0.5, 0.6) is 11.5 Å². The van der Waals surface area contributed by atoms with E-state index in [1.54, 1.807) is 31.3 Å². The van der Waals surface area contributed by atoms with Crippen LogP contribution in [0.4, 0.5) is 0 Å². The molecule has 3 rings (SSSR count). The van der Waals surface area contributed by atoms with Crippen LogP contribution in [0.15, 0.2) is 48.8 Å². The van der Waals surface area contributed by atoms with Crippen molar-refractivity contribution in [3.8, 4) is 28.4 Å². The number of nitrogens with zero attached hydrogens (tertiary/aromatic N) is 3. The second-order valence-electron chi connectivity index (χ2n) is 4.92. The first kappa shape index (κ1) is 15.1. The summed E-state index contributed by atoms with van der Waals surface area (Å²) in [6, 6.07) is 11.4. The Hall–Kier alpha value is -2.86. The van der Waals surface area contributed by atoms with Gasteiger partial charge < -0.3 is 15.2 Å². The van der Waals surface area contributed by atoms with Crippen LogP contribution in [-0.2, 0) is 6.54 Å². The maximum atomic E-state index is 5.77. The van der Waals surface area contributed by atoms with Crippen LogP contribution in [0.3, 0.4) is 0 Å². The number of pyridine rings is 1. The molecular formula is C17H18N4O2. The van der Waals surface area contributed by atoms with Gasteiger partial charge in [-0.15, -0.1) is 0 Å². The zero-order chi connectivity index (χ0) is 16.2. The summed E-state index contributed by atoms with van der Waals surface area (Å²) in [5.74, 6) is 1.42. The van der Waals surface area contributed by atoms with Gasteiger partial charge in [-0.05, 0) is 30.3 Å². The van der Waals surface area contributed by atoms with E-state index >= 15 is 0 Å². The fraction of sp³-hybridized carbons (Fsp3) is 0.176. The molecule has 0 atom stereocenters. The Labute approximate surface area is 134 Å². The number of hydrogen-bond acceptors (Lipinski definition) is 5. The molecule has 0 saturated carbocycles. The van der Waals surface area contributed by atoms with Crippen LogP contribution in [0.1, 0.15) is 5.69 Å². The first-order valence-corrected chi connectivity index (χ1v) is 7.18. The molecule has 1 aromatic carbocycles. The van der Waals surface area contributed by atoms with Crippen molar-refractivity contribution in [3.05, 3.63) is 54.5 Å². The van der Waals surface area contributed by atoms with Crippen molar-refractivity contribution >= 4 is 0 Å². The minimum Gasteiger partial charge on any atom is -0.497 e. The monoisotopic (exact) mass is 310 g/mol. The average Bonchev–Trinajstić information content (AvgIpc) is 3.06. The molecule has 0 fully saturated rings. The molecule has 2 heterocycles. The van der Waals surface area contributed by atoms with Crippen molar-refractivity contribution in [1.82, 2.24) is 14.8 Å². The number of hydrogen-bond donors (Lipinski definition) is 1. The standard InChI is InChI=1S/C17H18N4O2/c1-22-14-5-6-17(23-2)16(9-14)21-15(8-13(10-18)20-21)12-4-3-7-19-11-12/h3-9,11H,10,18H2,1-2H3. The molecule has 0 aliphatic carbocycles. The van der Waals surface area contributed by atoms with E-state index in [2.05, 4.69) is 10.1 Å². The molecule has 2 N–H and O–H groups in total. The zero-order valence-corrected chi connectivity index (χ0v) is 13.1. The largest absolute Gasteiger partial charge is 0.497 e. The summed E-state index contributed by atoms with van der Waals surface area (Å²) in [5.41, 5.74) is 9.18. The third-order valence-corrected chi connectivity index (χ3v) is 3.54. The zero-order valence-electron chi connectivity index (χ0n) is 13.1. The van der Waals surface area contributed by atoms with Crippen molar-refractivity contribution in [3.63, 3.8) is 0 Å². The summed E-state index contributed by atoms with van der Waals surface area (Å²) in [4.78, 5) is 4.18. The highest BCUT2D eigenvalue weighted by atomic mass is 16.5. The fourth-order valence-electron chi connectivity index (χ4n) is 2.40. The molecule has 23 heavy (non-hydrogen) atoms. The number of methoxy groups -OCH3 is 2. The van der Waals surface area contributed by atoms with Crippen LogP contribution >= 0.6 is 0 Å². The molecule has 3 aromatic rings. The van der Waals surface area contributed by atoms with Crippen molar-refractivity contribution in [2.24, 2.45) is 5.73 Å². The lowest BCUT2D eigenvalue weighted by molar-refractivity contribution is 0.400. The van der Waals surface area contributed by atoms with E-state index in [9.17, 15) is 0 Å². The molecule has 0 amide bonds. The Morgan fingerprint density at radius 1 is 1.13 bits per heavy atom. The number of ether oxygens (including phenoxy) is 2. The molecule has 118 valence electrons. The van der Waals surface area contributed by atoms with Gasteiger partial charge in [0.1, 0.15) is 17.2 Å². The molecule has 6 nitrogen and oxygen atoms in total. The first-order valence-electron chi connectivity index (χ1n) is 7.18. The molecule has 0 bridgehead atoms. The van der Waals surface area contributed by atoms with E-state index in [4.69, 9.17) is 15.2 Å². The Bertz CT molecular complexity index is 800. The summed E-state index contributed by atoms with van der Waals surface area (Å²) in [6.07, 6.45) is 3.53. The predicted octanol–water partition coefficient (Wildman–Crippen LogP) is 2.41. The van der Waals surface area contributed by atoms with Crippen LogP contribution in [0.2, 0.25) is 0 Å². The highest BCUT2D eigenvalue weighted by Gasteiger charge is 2.15. The highest BCUT2D eigenvalue weighted by molar-refractivity contribution is 5.64. The molecule has 6 heteroatoms. The number of benzene rings is 1. The number of rotatable bonds is 5. The summed E-state index contributed by atoms with van der Waals surface area (Å²) in [7, 11) is 3.25. The summed E-state index contributed by atoms with van der Waals surface area (Å²) < 4.78 is 12.6. The normalized spacial score (nSPS) is 10.6. The van der Waals surface area contributed by atoms with Crippen LogP contribution in [-0.4, -0.2) is 29.0 Å². The minimum atomic E-state index is 0.354. The Morgan fingerprint density at radius 2 is 2.00 bits per heavy atom. The quantitative estimate of drug-likeness (QED) is 0.783. The van der Waals surface area contributed by atoms with Gasteiger partial charge in [0, 0.05) is 30.6 Å². The first-order chi connectivity index (χ1) is 11.3. The van der Waals surface area contributed by atoms with Crippen molar-refractivity contribution in [1.29, 1.82) is 0 Å². The van der Waals surface area contributed by atoms with Gasteiger partial charge in [0.05, 0.1) is 25.6 Å². The number of aromatic nitrogens is 3. The van der Waals surface area contributed by atoms with Crippen molar-refractivity contribution in [2.45, 2.75) is 6.54 Å². The Balaban J connectivity index is 2.22. The van der Waals surface area contributed by atoms with Crippen molar-refractivity contribution < 1.29 is 9.47 Å². The molecule has 0 spiro atoms. The topological polar surface area (TPSA) is 75.2 Å². The van der Waals surface area contributed by atoms with Crippen LogP contribution < -0.4 is 15.2 Å². The lowest BCUT2D eigenvalue weighted by atomic mass is 10.2. The molecule has 0 unspecified atom stereocenters. The summed E-state index contributed by atoms with van der Waals surface area (Å²) in [6.45, 7) is 0.354. The smallest absolute Gasteiger partial charge is 0.144 e. The number of nitrogens with two attached hydrogens (primary N) is 1. The maximum absolute atomic E-state index is 5.77. The van der Waals surface area contributed by atoms with Crippen LogP contribution in [0, 0.1) is 0 Å². The molecular weight excluding hydrogens is 292 g/mol. The maximum Gasteiger partial charge on any atom is 0.144 e. The summed E-state index contributed by atoms with van der Waals surface area (Å²) in [5, 5.41) is 4.59. The van der Waals surface area contributed by atoms with Gasteiger partial charge in [0.25, 0.3) is 0 Å². The van der Waals surface area contributed by atoms with Gasteiger partial charge >= 0.3 is 0 Å². The minimum absolute atomic E-state index is 0.354.